The molecule has 1 aliphatic heterocycles. The van der Waals surface area contributed by atoms with Crippen molar-refractivity contribution < 1.29 is 22.7 Å². The summed E-state index contributed by atoms with van der Waals surface area (Å²) in [5, 5.41) is 10.8. The second-order valence-electron chi connectivity index (χ2n) is 7.33. The number of nitrogens with two attached hydrogens (primary N) is 2. The van der Waals surface area contributed by atoms with Crippen LogP contribution >= 0.6 is 12.2 Å². The molecule has 1 aromatic carbocycles. The number of alkyl halides is 3. The first kappa shape index (κ1) is 24.2. The molecule has 1 saturated heterocycles. The third-order valence-electron chi connectivity index (χ3n) is 4.89. The average Bonchev–Trinajstić information content (AvgIpc) is 2.73. The number of anilines is 2. The van der Waals surface area contributed by atoms with Crippen LogP contribution in [0.3, 0.4) is 0 Å². The van der Waals surface area contributed by atoms with Crippen LogP contribution in [0.25, 0.3) is 0 Å². The fourth-order valence-electron chi connectivity index (χ4n) is 3.41. The van der Waals surface area contributed by atoms with Crippen molar-refractivity contribution in [2.45, 2.75) is 25.6 Å². The number of halogens is 3. The smallest absolute Gasteiger partial charge is 0.406 e. The van der Waals surface area contributed by atoms with Crippen LogP contribution in [0.1, 0.15) is 18.4 Å². The number of amides is 1. The van der Waals surface area contributed by atoms with Gasteiger partial charge in [-0.25, -0.2) is 4.99 Å². The van der Waals surface area contributed by atoms with Crippen LogP contribution in [0, 0.1) is 5.92 Å². The van der Waals surface area contributed by atoms with Crippen LogP contribution in [0.5, 0.6) is 5.75 Å². The molecule has 1 amide bonds. The number of carbonyl (C=O) groups is 1. The van der Waals surface area contributed by atoms with Crippen molar-refractivity contribution in [3.05, 3.63) is 42.0 Å². The van der Waals surface area contributed by atoms with Crippen LogP contribution in [0.15, 0.2) is 41.4 Å². The van der Waals surface area contributed by atoms with Crippen molar-refractivity contribution in [3.8, 4) is 5.75 Å². The Morgan fingerprint density at radius 3 is 2.55 bits per heavy atom. The van der Waals surface area contributed by atoms with Crippen molar-refractivity contribution in [2.75, 3.05) is 23.3 Å². The molecule has 0 radical (unpaired) electrons. The lowest BCUT2D eigenvalue weighted by Crippen LogP contribution is -2.39. The molecule has 0 saturated carbocycles. The molecule has 0 atom stereocenters. The summed E-state index contributed by atoms with van der Waals surface area (Å²) in [6.07, 6.45) is -3.43. The van der Waals surface area contributed by atoms with Gasteiger partial charge in [0.25, 0.3) is 0 Å². The fraction of sp³-hybridized carbons (Fsp3) is 0.350. The maximum absolute atomic E-state index is 12.3. The summed E-state index contributed by atoms with van der Waals surface area (Å²) >= 11 is 4.75. The summed E-state index contributed by atoms with van der Waals surface area (Å²) in [7, 11) is 0. The highest BCUT2D eigenvalue weighted by Gasteiger charge is 2.31. The van der Waals surface area contributed by atoms with E-state index in [2.05, 4.69) is 25.2 Å². The third kappa shape index (κ3) is 7.56. The third-order valence-corrected chi connectivity index (χ3v) is 4.98. The van der Waals surface area contributed by atoms with E-state index in [-0.39, 0.29) is 29.0 Å². The van der Waals surface area contributed by atoms with Gasteiger partial charge in [-0.3, -0.25) is 4.79 Å². The number of rotatable bonds is 6. The van der Waals surface area contributed by atoms with Crippen LogP contribution in [-0.2, 0) is 11.2 Å². The maximum Gasteiger partial charge on any atom is 0.573 e. The van der Waals surface area contributed by atoms with E-state index in [1.807, 2.05) is 4.90 Å². The minimum Gasteiger partial charge on any atom is -0.406 e. The molecule has 13 heteroatoms. The lowest BCUT2D eigenvalue weighted by Gasteiger charge is -2.32. The summed E-state index contributed by atoms with van der Waals surface area (Å²) in [6, 6.07) is 8.57. The number of nitrogens with zero attached hydrogens (tertiary/aromatic N) is 4. The molecular weight excluding hydrogens is 459 g/mol. The van der Waals surface area contributed by atoms with E-state index in [1.54, 1.807) is 12.1 Å². The highest BCUT2D eigenvalue weighted by Crippen LogP contribution is 2.24. The predicted octanol–water partition coefficient (Wildman–Crippen LogP) is 2.37. The van der Waals surface area contributed by atoms with Gasteiger partial charge < -0.3 is 26.4 Å². The number of thiocarbonyl (C=S) groups is 1. The zero-order valence-electron chi connectivity index (χ0n) is 17.4. The molecule has 176 valence electrons. The Bertz CT molecular complexity index is 1020. The Hall–Kier alpha value is -3.48. The Morgan fingerprint density at radius 1 is 1.21 bits per heavy atom. The summed E-state index contributed by atoms with van der Waals surface area (Å²) in [4.78, 5) is 18.2. The largest absolute Gasteiger partial charge is 0.573 e. The molecule has 2 heterocycles. The molecule has 1 aliphatic rings. The minimum atomic E-state index is -4.80. The quantitative estimate of drug-likeness (QED) is 0.326. The molecule has 3 rings (SSSR count). The standard InChI is InChI=1S/C20H22F3N7O2S/c21-20(22,23)32-14-3-1-2-12(10-14)11-17(31)26-15-4-5-16(29-28-15)30-8-6-13(7-9-30)18(24)27-19(25)33/h1-5,10,13H,6-9,11H2,(H,26,28,31)(H4,24,25,27,33). The first-order chi connectivity index (χ1) is 15.6. The Kier molecular flexibility index (Phi) is 7.63. The number of carbonyl (C=O) groups excluding carboxylic acids is 1. The lowest BCUT2D eigenvalue weighted by molar-refractivity contribution is -0.274. The summed E-state index contributed by atoms with van der Waals surface area (Å²) in [6.45, 7) is 1.38. The molecule has 0 unspecified atom stereocenters. The topological polar surface area (TPSA) is 132 Å². The highest BCUT2D eigenvalue weighted by molar-refractivity contribution is 7.80. The number of nitrogens with one attached hydrogen (secondary N) is 1. The number of amidine groups is 1. The van der Waals surface area contributed by atoms with Gasteiger partial charge in [-0.2, -0.15) is 0 Å². The first-order valence-electron chi connectivity index (χ1n) is 9.96. The van der Waals surface area contributed by atoms with Gasteiger partial charge in [-0.15, -0.1) is 23.4 Å². The number of aliphatic imine (C=N–C) groups is 1. The van der Waals surface area contributed by atoms with Crippen molar-refractivity contribution >= 4 is 40.7 Å². The summed E-state index contributed by atoms with van der Waals surface area (Å²) in [5.41, 5.74) is 11.7. The molecule has 9 nitrogen and oxygen atoms in total. The van der Waals surface area contributed by atoms with Crippen LogP contribution in [-0.4, -0.2) is 46.5 Å². The number of hydrogen-bond acceptors (Lipinski definition) is 6. The predicted molar refractivity (Wildman–Crippen MR) is 121 cm³/mol. The normalized spacial score (nSPS) is 15.2. The van der Waals surface area contributed by atoms with Gasteiger partial charge in [0.1, 0.15) is 11.6 Å². The van der Waals surface area contributed by atoms with Crippen LogP contribution in [0.4, 0.5) is 24.8 Å². The van der Waals surface area contributed by atoms with E-state index >= 15 is 0 Å². The average molecular weight is 482 g/mol. The van der Waals surface area contributed by atoms with E-state index in [0.717, 1.165) is 25.0 Å². The lowest BCUT2D eigenvalue weighted by atomic mass is 9.96. The van der Waals surface area contributed by atoms with Crippen molar-refractivity contribution in [1.82, 2.24) is 10.2 Å². The Balaban J connectivity index is 1.52. The molecule has 2 aromatic rings. The fourth-order valence-corrected chi connectivity index (χ4v) is 3.51. The van der Waals surface area contributed by atoms with Gasteiger partial charge in [-0.1, -0.05) is 12.1 Å². The van der Waals surface area contributed by atoms with E-state index in [1.165, 1.54) is 12.1 Å². The zero-order valence-corrected chi connectivity index (χ0v) is 18.2. The number of benzene rings is 1. The molecule has 1 fully saturated rings. The zero-order chi connectivity index (χ0) is 24.0. The van der Waals surface area contributed by atoms with Crippen molar-refractivity contribution in [3.63, 3.8) is 0 Å². The minimum absolute atomic E-state index is 0.0146. The van der Waals surface area contributed by atoms with Gasteiger partial charge in [0, 0.05) is 19.0 Å². The van der Waals surface area contributed by atoms with E-state index < -0.39 is 12.3 Å². The SMILES string of the molecule is NC(=S)N=C(N)C1CCN(c2ccc(NC(=O)Cc3cccc(OC(F)(F)F)c3)nn2)CC1. The molecule has 0 aliphatic carbocycles. The second-order valence-corrected chi connectivity index (χ2v) is 7.75. The first-order valence-corrected chi connectivity index (χ1v) is 10.4. The van der Waals surface area contributed by atoms with E-state index in [0.29, 0.717) is 30.3 Å². The maximum atomic E-state index is 12.3. The van der Waals surface area contributed by atoms with E-state index in [9.17, 15) is 18.0 Å². The molecule has 33 heavy (non-hydrogen) atoms. The Morgan fingerprint density at radius 2 is 1.94 bits per heavy atom. The van der Waals surface area contributed by atoms with Crippen molar-refractivity contribution in [1.29, 1.82) is 0 Å². The summed E-state index contributed by atoms with van der Waals surface area (Å²) in [5.74, 6) is 0.563. The highest BCUT2D eigenvalue weighted by atomic mass is 32.1. The van der Waals surface area contributed by atoms with Crippen LogP contribution in [0.2, 0.25) is 0 Å². The van der Waals surface area contributed by atoms with Gasteiger partial charge in [0.15, 0.2) is 16.7 Å². The molecule has 0 bridgehead atoms. The van der Waals surface area contributed by atoms with E-state index in [4.69, 9.17) is 23.7 Å². The number of piperidine rings is 1. The monoisotopic (exact) mass is 481 g/mol. The van der Waals surface area contributed by atoms with Gasteiger partial charge in [-0.05, 0) is 54.9 Å². The summed E-state index contributed by atoms with van der Waals surface area (Å²) < 4.78 is 40.9. The Labute approximate surface area is 193 Å². The molecular formula is C20H22F3N7O2S. The van der Waals surface area contributed by atoms with Gasteiger partial charge >= 0.3 is 6.36 Å². The number of aromatic nitrogens is 2. The van der Waals surface area contributed by atoms with Gasteiger partial charge in [0.2, 0.25) is 5.91 Å². The number of hydrogen-bond donors (Lipinski definition) is 3. The van der Waals surface area contributed by atoms with Crippen molar-refractivity contribution in [2.24, 2.45) is 22.4 Å². The second kappa shape index (κ2) is 10.4. The molecule has 1 aromatic heterocycles. The number of ether oxygens (including phenoxy) is 1. The molecule has 0 spiro atoms. The van der Waals surface area contributed by atoms with Crippen LogP contribution < -0.4 is 26.4 Å². The van der Waals surface area contributed by atoms with Gasteiger partial charge in [0.05, 0.1) is 6.42 Å². The molecule has 5 N–H and O–H groups in total.